The molecule has 1 unspecified atom stereocenters. The highest BCUT2D eigenvalue weighted by Gasteiger charge is 2.26. The molecule has 0 aliphatic heterocycles. The van der Waals surface area contributed by atoms with Crippen molar-refractivity contribution < 1.29 is 38.6 Å². The van der Waals surface area contributed by atoms with Crippen molar-refractivity contribution in [2.24, 2.45) is 0 Å². The highest BCUT2D eigenvalue weighted by atomic mass is 16.5. The summed E-state index contributed by atoms with van der Waals surface area (Å²) in [5.41, 5.74) is 0. The number of carbonyl (C=O) groups is 5. The second-order valence-electron chi connectivity index (χ2n) is 6.21. The number of esters is 2. The fraction of sp³-hybridized carbons (Fsp3) is 0.706. The van der Waals surface area contributed by atoms with E-state index in [1.807, 2.05) is 0 Å². The molecule has 160 valence electrons. The van der Waals surface area contributed by atoms with Gasteiger partial charge in [-0.05, 0) is 33.1 Å². The lowest BCUT2D eigenvalue weighted by Gasteiger charge is -2.21. The summed E-state index contributed by atoms with van der Waals surface area (Å²) in [6, 6.07) is -2.82. The number of hydrogen-bond acceptors (Lipinski definition) is 8. The molecule has 0 aromatic heterocycles. The third-order valence-corrected chi connectivity index (χ3v) is 3.81. The van der Waals surface area contributed by atoms with Crippen molar-refractivity contribution in [2.75, 3.05) is 14.2 Å². The molecule has 0 saturated heterocycles. The summed E-state index contributed by atoms with van der Waals surface area (Å²) in [4.78, 5) is 58.2. The summed E-state index contributed by atoms with van der Waals surface area (Å²) in [7, 11) is 2.30. The van der Waals surface area contributed by atoms with Gasteiger partial charge in [0.2, 0.25) is 17.7 Å². The molecule has 11 nitrogen and oxygen atoms in total. The summed E-state index contributed by atoms with van der Waals surface area (Å²) in [5.74, 6) is -3.07. The first-order chi connectivity index (χ1) is 13.0. The molecule has 0 bridgehead atoms. The average molecular weight is 403 g/mol. The highest BCUT2D eigenvalue weighted by Crippen LogP contribution is 2.07. The SMILES string of the molecule is COC(=O)C(O)CCC[C@H](NC(=O)[C@H](C)NC(=O)[C@H](C)NC(C)=O)C(=O)OC. The minimum absolute atomic E-state index is 0.0383. The Bertz CT molecular complexity index is 581. The zero-order valence-electron chi connectivity index (χ0n) is 16.7. The Balaban J connectivity index is 4.71. The Morgan fingerprint density at radius 2 is 1.32 bits per heavy atom. The average Bonchev–Trinajstić information content (AvgIpc) is 2.64. The van der Waals surface area contributed by atoms with Gasteiger partial charge in [0.1, 0.15) is 18.1 Å². The molecule has 0 aromatic rings. The molecule has 28 heavy (non-hydrogen) atoms. The first-order valence-electron chi connectivity index (χ1n) is 8.75. The third-order valence-electron chi connectivity index (χ3n) is 3.81. The molecular weight excluding hydrogens is 374 g/mol. The summed E-state index contributed by atoms with van der Waals surface area (Å²) in [5, 5.41) is 16.8. The second-order valence-corrected chi connectivity index (χ2v) is 6.21. The fourth-order valence-corrected chi connectivity index (χ4v) is 2.23. The van der Waals surface area contributed by atoms with Gasteiger partial charge in [0.05, 0.1) is 14.2 Å². The molecule has 0 saturated carbocycles. The van der Waals surface area contributed by atoms with Crippen molar-refractivity contribution in [3.63, 3.8) is 0 Å². The molecule has 0 aliphatic rings. The smallest absolute Gasteiger partial charge is 0.334 e. The second kappa shape index (κ2) is 12.7. The van der Waals surface area contributed by atoms with Crippen LogP contribution in [0.1, 0.15) is 40.0 Å². The molecule has 0 radical (unpaired) electrons. The third kappa shape index (κ3) is 9.31. The number of aliphatic hydroxyl groups is 1. The Kier molecular flexibility index (Phi) is 11.4. The first kappa shape index (κ1) is 25.3. The van der Waals surface area contributed by atoms with Crippen LogP contribution in [0.3, 0.4) is 0 Å². The van der Waals surface area contributed by atoms with E-state index in [0.29, 0.717) is 0 Å². The van der Waals surface area contributed by atoms with Crippen LogP contribution in [0.4, 0.5) is 0 Å². The standard InChI is InChI=1S/C17H29N3O8/c1-9(18-11(3)21)14(23)19-10(2)15(24)20-12(16(25)27-4)7-6-8-13(22)17(26)28-5/h9-10,12-13,22H,6-8H2,1-5H3,(H,18,21)(H,19,23)(H,20,24)/t9-,10-,12-,13?/m0/s1. The Hall–Kier alpha value is -2.69. The molecule has 0 heterocycles. The van der Waals surface area contributed by atoms with Crippen LogP contribution in [0.2, 0.25) is 0 Å². The van der Waals surface area contributed by atoms with Crippen LogP contribution in [0, 0.1) is 0 Å². The van der Waals surface area contributed by atoms with Crippen molar-refractivity contribution in [1.29, 1.82) is 0 Å². The number of methoxy groups -OCH3 is 2. The quantitative estimate of drug-likeness (QED) is 0.299. The van der Waals surface area contributed by atoms with Crippen molar-refractivity contribution in [1.82, 2.24) is 16.0 Å². The van der Waals surface area contributed by atoms with Crippen LogP contribution in [0.25, 0.3) is 0 Å². The van der Waals surface area contributed by atoms with Crippen LogP contribution in [-0.4, -0.2) is 73.2 Å². The topological polar surface area (TPSA) is 160 Å². The van der Waals surface area contributed by atoms with E-state index in [4.69, 9.17) is 0 Å². The molecule has 0 spiro atoms. The van der Waals surface area contributed by atoms with Gasteiger partial charge in [-0.1, -0.05) is 0 Å². The van der Waals surface area contributed by atoms with E-state index in [2.05, 4.69) is 25.4 Å². The van der Waals surface area contributed by atoms with E-state index in [1.54, 1.807) is 0 Å². The molecule has 0 rings (SSSR count). The number of aliphatic hydroxyl groups excluding tert-OH is 1. The maximum Gasteiger partial charge on any atom is 0.334 e. The van der Waals surface area contributed by atoms with Crippen LogP contribution in [0.5, 0.6) is 0 Å². The van der Waals surface area contributed by atoms with E-state index in [1.165, 1.54) is 20.8 Å². The fourth-order valence-electron chi connectivity index (χ4n) is 2.23. The van der Waals surface area contributed by atoms with E-state index in [0.717, 1.165) is 14.2 Å². The van der Waals surface area contributed by atoms with E-state index in [-0.39, 0.29) is 25.2 Å². The molecule has 0 aliphatic carbocycles. The number of rotatable bonds is 11. The van der Waals surface area contributed by atoms with Crippen molar-refractivity contribution >= 4 is 29.7 Å². The Morgan fingerprint density at radius 1 is 0.821 bits per heavy atom. The van der Waals surface area contributed by atoms with Crippen molar-refractivity contribution in [2.45, 2.75) is 64.3 Å². The normalized spacial score (nSPS) is 14.6. The highest BCUT2D eigenvalue weighted by molar-refractivity contribution is 5.92. The van der Waals surface area contributed by atoms with Gasteiger partial charge in [-0.15, -0.1) is 0 Å². The number of hydrogen-bond donors (Lipinski definition) is 4. The monoisotopic (exact) mass is 403 g/mol. The number of amides is 3. The molecule has 4 N–H and O–H groups in total. The summed E-state index contributed by atoms with van der Waals surface area (Å²) >= 11 is 0. The van der Waals surface area contributed by atoms with Gasteiger partial charge in [-0.25, -0.2) is 9.59 Å². The lowest BCUT2D eigenvalue weighted by atomic mass is 10.1. The maximum atomic E-state index is 12.3. The predicted octanol–water partition coefficient (Wildman–Crippen LogP) is -1.62. The first-order valence-corrected chi connectivity index (χ1v) is 8.75. The minimum Gasteiger partial charge on any atom is -0.467 e. The van der Waals surface area contributed by atoms with Crippen molar-refractivity contribution in [3.05, 3.63) is 0 Å². The lowest BCUT2D eigenvalue weighted by Crippen LogP contribution is -2.54. The van der Waals surface area contributed by atoms with Crippen LogP contribution < -0.4 is 16.0 Å². The lowest BCUT2D eigenvalue weighted by molar-refractivity contribution is -0.150. The number of nitrogens with one attached hydrogen (secondary N) is 3. The van der Waals surface area contributed by atoms with Gasteiger partial charge >= 0.3 is 11.9 Å². The van der Waals surface area contributed by atoms with Gasteiger partial charge in [-0.3, -0.25) is 14.4 Å². The van der Waals surface area contributed by atoms with Crippen LogP contribution in [0.15, 0.2) is 0 Å². The van der Waals surface area contributed by atoms with E-state index >= 15 is 0 Å². The minimum atomic E-state index is -1.33. The largest absolute Gasteiger partial charge is 0.467 e. The summed E-state index contributed by atoms with van der Waals surface area (Å²) in [6.07, 6.45) is -0.949. The van der Waals surface area contributed by atoms with Gasteiger partial charge in [0.15, 0.2) is 6.10 Å². The van der Waals surface area contributed by atoms with Crippen molar-refractivity contribution in [3.8, 4) is 0 Å². The zero-order valence-corrected chi connectivity index (χ0v) is 16.7. The molecule has 11 heteroatoms. The van der Waals surface area contributed by atoms with Gasteiger partial charge < -0.3 is 30.5 Å². The maximum absolute atomic E-state index is 12.3. The summed E-state index contributed by atoms with van der Waals surface area (Å²) < 4.78 is 9.04. The zero-order chi connectivity index (χ0) is 21.9. The molecular formula is C17H29N3O8. The molecule has 4 atom stereocenters. The molecule has 3 amide bonds. The van der Waals surface area contributed by atoms with Gasteiger partial charge in [-0.2, -0.15) is 0 Å². The van der Waals surface area contributed by atoms with E-state index in [9.17, 15) is 29.1 Å². The predicted molar refractivity (Wildman–Crippen MR) is 96.7 cm³/mol. The molecule has 0 aromatic carbocycles. The van der Waals surface area contributed by atoms with Gasteiger partial charge in [0.25, 0.3) is 0 Å². The number of carbonyl (C=O) groups excluding carboxylic acids is 5. The Morgan fingerprint density at radius 3 is 1.82 bits per heavy atom. The van der Waals surface area contributed by atoms with Crippen LogP contribution >= 0.6 is 0 Å². The van der Waals surface area contributed by atoms with E-state index < -0.39 is 48.0 Å². The Labute approximate surface area is 163 Å². The number of ether oxygens (including phenoxy) is 2. The van der Waals surface area contributed by atoms with Gasteiger partial charge in [0, 0.05) is 6.92 Å². The molecule has 0 fully saturated rings. The van der Waals surface area contributed by atoms with Crippen LogP contribution in [-0.2, 0) is 33.4 Å². The summed E-state index contributed by atoms with van der Waals surface area (Å²) in [6.45, 7) is 4.15.